The van der Waals surface area contributed by atoms with Crippen LogP contribution in [0.15, 0.2) is 42.6 Å². The van der Waals surface area contributed by atoms with Crippen molar-refractivity contribution in [2.24, 2.45) is 0 Å². The van der Waals surface area contributed by atoms with Gasteiger partial charge in [0.05, 0.1) is 28.5 Å². The van der Waals surface area contributed by atoms with Gasteiger partial charge in [-0.1, -0.05) is 37.0 Å². The van der Waals surface area contributed by atoms with Crippen LogP contribution >= 0.6 is 23.2 Å². The number of aromatic nitrogens is 5. The number of carbonyl (C=O) groups excluding carboxylic acids is 2. The van der Waals surface area contributed by atoms with Crippen molar-refractivity contribution < 1.29 is 35.9 Å². The third-order valence-corrected chi connectivity index (χ3v) is 6.13. The summed E-state index contributed by atoms with van der Waals surface area (Å²) in [6, 6.07) is 6.60. The van der Waals surface area contributed by atoms with E-state index in [1.165, 1.54) is 37.5 Å². The number of hydrogen-bond acceptors (Lipinski definition) is 5. The summed E-state index contributed by atoms with van der Waals surface area (Å²) in [6.07, 6.45) is -9.01. The molecule has 0 unspecified atom stereocenters. The molecule has 9 nitrogen and oxygen atoms in total. The van der Waals surface area contributed by atoms with Gasteiger partial charge in [-0.05, 0) is 42.8 Å². The number of carbonyl (C=O) groups is 2. The lowest BCUT2D eigenvalue weighted by atomic mass is 10.1. The normalized spacial score (nSPS) is 11.5. The quantitative estimate of drug-likeness (QED) is 0.223. The molecule has 1 aromatic carbocycles. The Kier molecular flexibility index (Phi) is 10.1. The first kappa shape index (κ1) is 33.4. The Morgan fingerprint density at radius 2 is 1.63 bits per heavy atom. The maximum atomic E-state index is 13.5. The molecule has 0 spiro atoms. The van der Waals surface area contributed by atoms with Crippen molar-refractivity contribution in [1.29, 1.82) is 0 Å². The second-order valence-electron chi connectivity index (χ2n) is 8.49. The van der Waals surface area contributed by atoms with E-state index in [9.17, 15) is 35.9 Å². The van der Waals surface area contributed by atoms with Crippen molar-refractivity contribution in [1.82, 2.24) is 29.9 Å². The number of halogens is 8. The average Bonchev–Trinajstić information content (AvgIpc) is 3.56. The summed E-state index contributed by atoms with van der Waals surface area (Å²) in [5.41, 5.74) is -3.53. The van der Waals surface area contributed by atoms with Crippen LogP contribution in [0.3, 0.4) is 0 Å². The van der Waals surface area contributed by atoms with Crippen molar-refractivity contribution >= 4 is 40.7 Å². The summed E-state index contributed by atoms with van der Waals surface area (Å²) >= 11 is 12.3. The summed E-state index contributed by atoms with van der Waals surface area (Å²) in [4.78, 5) is 30.0. The first-order valence-electron chi connectivity index (χ1n) is 12.4. The third-order valence-electron chi connectivity index (χ3n) is 5.62. The first-order valence-corrected chi connectivity index (χ1v) is 13.1. The summed E-state index contributed by atoms with van der Waals surface area (Å²) in [6.45, 7) is 4.67. The van der Waals surface area contributed by atoms with E-state index in [1.807, 2.05) is 13.8 Å². The number of anilines is 1. The Morgan fingerprint density at radius 3 is 2.21 bits per heavy atom. The third kappa shape index (κ3) is 7.46. The molecular formula is C26H23Cl2F6N7O2. The predicted octanol–water partition coefficient (Wildman–Crippen LogP) is 6.80. The summed E-state index contributed by atoms with van der Waals surface area (Å²) in [7, 11) is 1.36. The fraction of sp³-hybridized carbons (Fsp3) is 0.269. The van der Waals surface area contributed by atoms with E-state index < -0.39 is 42.1 Å². The Morgan fingerprint density at radius 1 is 0.953 bits per heavy atom. The van der Waals surface area contributed by atoms with Gasteiger partial charge < -0.3 is 10.6 Å². The summed E-state index contributed by atoms with van der Waals surface area (Å²) in [5.74, 6) is -1.57. The molecule has 3 aromatic heterocycles. The minimum Gasteiger partial charge on any atom is -0.355 e. The van der Waals surface area contributed by atoms with Gasteiger partial charge in [-0.15, -0.1) is 0 Å². The second kappa shape index (κ2) is 13.0. The van der Waals surface area contributed by atoms with Crippen LogP contribution in [0.5, 0.6) is 0 Å². The SMILES string of the molecule is CC.CNC(=O)c1cc(Cl)cc(C)c1NC(=O)c1cc(Cn2nc(C(F)(F)F)cc2C(F)(F)F)nn1-c1ncccc1Cl. The topological polar surface area (TPSA) is 107 Å². The molecular weight excluding hydrogens is 627 g/mol. The van der Waals surface area contributed by atoms with Crippen LogP contribution in [0.4, 0.5) is 32.0 Å². The smallest absolute Gasteiger partial charge is 0.355 e. The molecule has 230 valence electrons. The number of pyridine rings is 1. The van der Waals surface area contributed by atoms with Crippen LogP contribution in [-0.4, -0.2) is 43.4 Å². The van der Waals surface area contributed by atoms with Crippen molar-refractivity contribution in [2.75, 3.05) is 12.4 Å². The number of alkyl halides is 6. The molecule has 4 rings (SSSR count). The van der Waals surface area contributed by atoms with Gasteiger partial charge in [0.1, 0.15) is 11.4 Å². The van der Waals surface area contributed by atoms with Gasteiger partial charge in [0.2, 0.25) is 0 Å². The van der Waals surface area contributed by atoms with Crippen LogP contribution in [0.25, 0.3) is 5.82 Å². The number of amides is 2. The van der Waals surface area contributed by atoms with Crippen LogP contribution in [0.2, 0.25) is 10.0 Å². The Labute approximate surface area is 250 Å². The molecule has 3 heterocycles. The van der Waals surface area contributed by atoms with E-state index in [2.05, 4.69) is 25.8 Å². The molecule has 43 heavy (non-hydrogen) atoms. The lowest BCUT2D eigenvalue weighted by molar-refractivity contribution is -0.144. The van der Waals surface area contributed by atoms with Gasteiger partial charge in [-0.3, -0.25) is 14.3 Å². The zero-order valence-corrected chi connectivity index (χ0v) is 24.3. The van der Waals surface area contributed by atoms with Crippen molar-refractivity contribution in [3.63, 3.8) is 0 Å². The van der Waals surface area contributed by atoms with Gasteiger partial charge in [-0.25, -0.2) is 9.67 Å². The van der Waals surface area contributed by atoms with Gasteiger partial charge in [0.25, 0.3) is 11.8 Å². The minimum atomic E-state index is -5.17. The highest BCUT2D eigenvalue weighted by atomic mass is 35.5. The molecule has 2 N–H and O–H groups in total. The standard InChI is InChI=1S/C24H17Cl2F6N7O2.C2H6/c1-11-6-12(25)7-14(21(40)33-2)19(11)35-22(41)16-8-13(36-39(16)20-15(26)4-3-5-34-20)10-38-18(24(30,31)32)9-17(37-38)23(27,28)29;1-2/h3-9H,10H2,1-2H3,(H,33,40)(H,35,41);1-2H3. The Hall–Kier alpha value is -4.11. The van der Waals surface area contributed by atoms with E-state index in [1.54, 1.807) is 6.92 Å². The number of hydrogen-bond donors (Lipinski definition) is 2. The lowest BCUT2D eigenvalue weighted by Crippen LogP contribution is -2.23. The summed E-state index contributed by atoms with van der Waals surface area (Å²) < 4.78 is 81.1. The Bertz CT molecular complexity index is 1650. The number of nitrogens with one attached hydrogen (secondary N) is 2. The van der Waals surface area contributed by atoms with Gasteiger partial charge in [-0.2, -0.15) is 36.5 Å². The molecule has 0 saturated heterocycles. The lowest BCUT2D eigenvalue weighted by Gasteiger charge is -2.14. The van der Waals surface area contributed by atoms with E-state index in [0.29, 0.717) is 5.56 Å². The summed E-state index contributed by atoms with van der Waals surface area (Å²) in [5, 5.41) is 12.4. The highest BCUT2D eigenvalue weighted by molar-refractivity contribution is 6.32. The largest absolute Gasteiger partial charge is 0.435 e. The average molecular weight is 650 g/mol. The highest BCUT2D eigenvalue weighted by Crippen LogP contribution is 2.35. The second-order valence-corrected chi connectivity index (χ2v) is 9.33. The molecule has 0 radical (unpaired) electrons. The molecule has 0 bridgehead atoms. The van der Waals surface area contributed by atoms with E-state index in [4.69, 9.17) is 23.2 Å². The van der Waals surface area contributed by atoms with Crippen LogP contribution < -0.4 is 10.6 Å². The maximum absolute atomic E-state index is 13.5. The number of rotatable bonds is 6. The Balaban J connectivity index is 0.00000248. The van der Waals surface area contributed by atoms with Gasteiger partial charge in [0.15, 0.2) is 11.5 Å². The van der Waals surface area contributed by atoms with Crippen molar-refractivity contribution in [3.05, 3.63) is 86.5 Å². The molecule has 2 amide bonds. The fourth-order valence-electron chi connectivity index (χ4n) is 3.82. The van der Waals surface area contributed by atoms with Crippen LogP contribution in [-0.2, 0) is 18.9 Å². The molecule has 0 aliphatic heterocycles. The fourth-order valence-corrected chi connectivity index (χ4v) is 4.30. The zero-order chi connectivity index (χ0) is 32.3. The van der Waals surface area contributed by atoms with Crippen molar-refractivity contribution in [2.45, 2.75) is 39.7 Å². The molecule has 0 atom stereocenters. The van der Waals surface area contributed by atoms with E-state index >= 15 is 0 Å². The predicted molar refractivity (Wildman–Crippen MR) is 147 cm³/mol. The van der Waals surface area contributed by atoms with Crippen LogP contribution in [0.1, 0.15) is 57.3 Å². The monoisotopic (exact) mass is 649 g/mol. The van der Waals surface area contributed by atoms with E-state index in [0.717, 1.165) is 10.7 Å². The molecule has 0 aliphatic rings. The zero-order valence-electron chi connectivity index (χ0n) is 22.8. The number of nitrogens with zero attached hydrogens (tertiary/aromatic N) is 5. The number of benzene rings is 1. The van der Waals surface area contributed by atoms with Crippen LogP contribution in [0, 0.1) is 6.92 Å². The van der Waals surface area contributed by atoms with Gasteiger partial charge in [0, 0.05) is 24.3 Å². The first-order chi connectivity index (χ1) is 20.1. The van der Waals surface area contributed by atoms with Gasteiger partial charge >= 0.3 is 12.4 Å². The van der Waals surface area contributed by atoms with Crippen molar-refractivity contribution in [3.8, 4) is 5.82 Å². The molecule has 4 aromatic rings. The minimum absolute atomic E-state index is 0.000601. The number of aryl methyl sites for hydroxylation is 1. The van der Waals surface area contributed by atoms with E-state index in [-0.39, 0.29) is 49.2 Å². The maximum Gasteiger partial charge on any atom is 0.435 e. The molecule has 17 heteroatoms. The molecule has 0 aliphatic carbocycles. The highest BCUT2D eigenvalue weighted by Gasteiger charge is 2.42. The molecule has 0 saturated carbocycles. The molecule has 0 fully saturated rings.